The number of hydrogen-bond acceptors (Lipinski definition) is 2. The molecule has 2 aromatic carbocycles. The van der Waals surface area contributed by atoms with E-state index in [4.69, 9.17) is 0 Å². The standard InChI is InChI=1S/C17H18FNS/c1-12-2-7-16(8-3-12)20-17-9-4-14(18)10-13(17)11-19-15-5-6-15/h2-4,7-10,15,19H,5-6,11H2,1H3. The molecule has 1 nitrogen and oxygen atoms in total. The number of halogens is 1. The summed E-state index contributed by atoms with van der Waals surface area (Å²) in [5.74, 6) is -0.161. The average molecular weight is 287 g/mol. The molecule has 0 aromatic heterocycles. The molecule has 0 heterocycles. The van der Waals surface area contributed by atoms with Crippen molar-refractivity contribution in [3.63, 3.8) is 0 Å². The molecule has 1 N–H and O–H groups in total. The van der Waals surface area contributed by atoms with Crippen molar-refractivity contribution in [3.8, 4) is 0 Å². The summed E-state index contributed by atoms with van der Waals surface area (Å²) in [4.78, 5) is 2.32. The van der Waals surface area contributed by atoms with Gasteiger partial charge in [0.2, 0.25) is 0 Å². The topological polar surface area (TPSA) is 12.0 Å². The largest absolute Gasteiger partial charge is 0.310 e. The monoisotopic (exact) mass is 287 g/mol. The van der Waals surface area contributed by atoms with E-state index in [1.807, 2.05) is 6.07 Å². The van der Waals surface area contributed by atoms with Crippen LogP contribution >= 0.6 is 11.8 Å². The Kier molecular flexibility index (Phi) is 4.08. The zero-order valence-electron chi connectivity index (χ0n) is 11.5. The fraction of sp³-hybridized carbons (Fsp3) is 0.294. The molecule has 0 bridgehead atoms. The molecule has 0 saturated heterocycles. The maximum absolute atomic E-state index is 13.4. The summed E-state index contributed by atoms with van der Waals surface area (Å²) in [6.07, 6.45) is 2.49. The number of nitrogens with one attached hydrogen (secondary N) is 1. The molecule has 1 aliphatic rings. The lowest BCUT2D eigenvalue weighted by Crippen LogP contribution is -2.15. The van der Waals surface area contributed by atoms with Gasteiger partial charge >= 0.3 is 0 Å². The molecule has 104 valence electrons. The van der Waals surface area contributed by atoms with E-state index in [9.17, 15) is 4.39 Å². The average Bonchev–Trinajstić information content (AvgIpc) is 3.25. The van der Waals surface area contributed by atoms with Gasteiger partial charge in [-0.2, -0.15) is 0 Å². The first kappa shape index (κ1) is 13.7. The van der Waals surface area contributed by atoms with Crippen molar-refractivity contribution in [2.45, 2.75) is 42.1 Å². The van der Waals surface area contributed by atoms with Gasteiger partial charge in [0.25, 0.3) is 0 Å². The summed E-state index contributed by atoms with van der Waals surface area (Å²) in [6, 6.07) is 14.1. The second-order valence-electron chi connectivity index (χ2n) is 5.32. The molecule has 3 rings (SSSR count). The third-order valence-corrected chi connectivity index (χ3v) is 4.56. The third-order valence-electron chi connectivity index (χ3n) is 3.43. The molecular formula is C17H18FNS. The number of aryl methyl sites for hydroxylation is 1. The van der Waals surface area contributed by atoms with E-state index in [1.165, 1.54) is 29.4 Å². The van der Waals surface area contributed by atoms with E-state index in [0.29, 0.717) is 6.04 Å². The van der Waals surface area contributed by atoms with Crippen LogP contribution in [-0.4, -0.2) is 6.04 Å². The molecule has 0 spiro atoms. The van der Waals surface area contributed by atoms with Crippen LogP contribution in [-0.2, 0) is 6.54 Å². The molecule has 0 radical (unpaired) electrons. The van der Waals surface area contributed by atoms with E-state index >= 15 is 0 Å². The lowest BCUT2D eigenvalue weighted by Gasteiger charge is -2.10. The van der Waals surface area contributed by atoms with Crippen LogP contribution in [0.3, 0.4) is 0 Å². The molecule has 2 aromatic rings. The summed E-state index contributed by atoms with van der Waals surface area (Å²) in [5, 5.41) is 3.46. The summed E-state index contributed by atoms with van der Waals surface area (Å²) >= 11 is 1.70. The van der Waals surface area contributed by atoms with E-state index in [-0.39, 0.29) is 5.82 Å². The van der Waals surface area contributed by atoms with Crippen LogP contribution in [0.2, 0.25) is 0 Å². The SMILES string of the molecule is Cc1ccc(Sc2ccc(F)cc2CNC2CC2)cc1. The van der Waals surface area contributed by atoms with Crippen LogP contribution in [0.15, 0.2) is 52.3 Å². The highest BCUT2D eigenvalue weighted by Crippen LogP contribution is 2.31. The summed E-state index contributed by atoms with van der Waals surface area (Å²) in [6.45, 7) is 2.83. The Hall–Kier alpha value is -1.32. The first-order valence-corrected chi connectivity index (χ1v) is 7.79. The first-order valence-electron chi connectivity index (χ1n) is 6.97. The van der Waals surface area contributed by atoms with Crippen LogP contribution in [0.4, 0.5) is 4.39 Å². The van der Waals surface area contributed by atoms with Crippen molar-refractivity contribution in [1.82, 2.24) is 5.32 Å². The van der Waals surface area contributed by atoms with Crippen LogP contribution in [0.5, 0.6) is 0 Å². The Balaban J connectivity index is 1.77. The molecule has 0 atom stereocenters. The minimum atomic E-state index is -0.161. The smallest absolute Gasteiger partial charge is 0.123 e. The lowest BCUT2D eigenvalue weighted by molar-refractivity contribution is 0.616. The highest BCUT2D eigenvalue weighted by atomic mass is 32.2. The van der Waals surface area contributed by atoms with E-state index in [1.54, 1.807) is 17.8 Å². The highest BCUT2D eigenvalue weighted by Gasteiger charge is 2.20. The maximum Gasteiger partial charge on any atom is 0.123 e. The number of rotatable bonds is 5. The van der Waals surface area contributed by atoms with Crippen LogP contribution in [0, 0.1) is 12.7 Å². The summed E-state index contributed by atoms with van der Waals surface area (Å²) in [5.41, 5.74) is 2.30. The molecule has 1 fully saturated rings. The number of hydrogen-bond donors (Lipinski definition) is 1. The normalized spacial score (nSPS) is 14.5. The second-order valence-corrected chi connectivity index (χ2v) is 6.44. The van der Waals surface area contributed by atoms with Crippen molar-refractivity contribution in [1.29, 1.82) is 0 Å². The minimum absolute atomic E-state index is 0.161. The fourth-order valence-corrected chi connectivity index (χ4v) is 2.99. The molecule has 0 unspecified atom stereocenters. The Morgan fingerprint density at radius 3 is 2.60 bits per heavy atom. The quantitative estimate of drug-likeness (QED) is 0.866. The summed E-state index contributed by atoms with van der Waals surface area (Å²) < 4.78 is 13.4. The Bertz CT molecular complexity index is 590. The van der Waals surface area contributed by atoms with Crippen LogP contribution in [0.1, 0.15) is 24.0 Å². The van der Waals surface area contributed by atoms with E-state index in [2.05, 4.69) is 36.5 Å². The van der Waals surface area contributed by atoms with Gasteiger partial charge in [-0.05, 0) is 55.7 Å². The zero-order chi connectivity index (χ0) is 13.9. The fourth-order valence-electron chi connectivity index (χ4n) is 2.06. The van der Waals surface area contributed by atoms with Gasteiger partial charge in [-0.3, -0.25) is 0 Å². The number of benzene rings is 2. The van der Waals surface area contributed by atoms with Gasteiger partial charge in [-0.15, -0.1) is 0 Å². The molecule has 20 heavy (non-hydrogen) atoms. The van der Waals surface area contributed by atoms with Crippen molar-refractivity contribution in [2.24, 2.45) is 0 Å². The van der Waals surface area contributed by atoms with Gasteiger partial charge in [0.1, 0.15) is 5.82 Å². The predicted octanol–water partition coefficient (Wildman–Crippen LogP) is 4.54. The first-order chi connectivity index (χ1) is 9.70. The summed E-state index contributed by atoms with van der Waals surface area (Å²) in [7, 11) is 0. The second kappa shape index (κ2) is 5.98. The maximum atomic E-state index is 13.4. The zero-order valence-corrected chi connectivity index (χ0v) is 12.3. The van der Waals surface area contributed by atoms with Crippen LogP contribution < -0.4 is 5.32 Å². The van der Waals surface area contributed by atoms with Gasteiger partial charge in [0.15, 0.2) is 0 Å². The van der Waals surface area contributed by atoms with Crippen LogP contribution in [0.25, 0.3) is 0 Å². The van der Waals surface area contributed by atoms with Crippen molar-refractivity contribution in [3.05, 3.63) is 59.4 Å². The molecule has 0 aliphatic heterocycles. The van der Waals surface area contributed by atoms with E-state index < -0.39 is 0 Å². The molecule has 1 saturated carbocycles. The van der Waals surface area contributed by atoms with Gasteiger partial charge < -0.3 is 5.32 Å². The minimum Gasteiger partial charge on any atom is -0.310 e. The van der Waals surface area contributed by atoms with E-state index in [0.717, 1.165) is 17.0 Å². The van der Waals surface area contributed by atoms with Crippen molar-refractivity contribution >= 4 is 11.8 Å². The predicted molar refractivity (Wildman–Crippen MR) is 81.6 cm³/mol. The van der Waals surface area contributed by atoms with Gasteiger partial charge in [0.05, 0.1) is 0 Å². The Morgan fingerprint density at radius 2 is 1.90 bits per heavy atom. The third kappa shape index (κ3) is 3.62. The Morgan fingerprint density at radius 1 is 1.15 bits per heavy atom. The van der Waals surface area contributed by atoms with Crippen molar-refractivity contribution < 1.29 is 4.39 Å². The van der Waals surface area contributed by atoms with Gasteiger partial charge in [-0.1, -0.05) is 29.5 Å². The van der Waals surface area contributed by atoms with Crippen molar-refractivity contribution in [2.75, 3.05) is 0 Å². The highest BCUT2D eigenvalue weighted by molar-refractivity contribution is 7.99. The van der Waals surface area contributed by atoms with Gasteiger partial charge in [-0.25, -0.2) is 4.39 Å². The lowest BCUT2D eigenvalue weighted by atomic mass is 10.2. The molecular weight excluding hydrogens is 269 g/mol. The molecule has 1 aliphatic carbocycles. The molecule has 0 amide bonds. The van der Waals surface area contributed by atoms with Gasteiger partial charge in [0, 0.05) is 22.4 Å². The Labute approximate surface area is 123 Å². The molecule has 3 heteroatoms.